The van der Waals surface area contributed by atoms with Crippen LogP contribution in [0.4, 0.5) is 0 Å². The summed E-state index contributed by atoms with van der Waals surface area (Å²) in [7, 11) is 1.66. The molecule has 0 unspecified atom stereocenters. The van der Waals surface area contributed by atoms with Crippen molar-refractivity contribution in [2.45, 2.75) is 20.4 Å². The van der Waals surface area contributed by atoms with Crippen molar-refractivity contribution in [1.29, 1.82) is 0 Å². The maximum Gasteiger partial charge on any atom is 0.169 e. The van der Waals surface area contributed by atoms with Gasteiger partial charge in [-0.1, -0.05) is 28.9 Å². The van der Waals surface area contributed by atoms with Gasteiger partial charge in [0.25, 0.3) is 0 Å². The van der Waals surface area contributed by atoms with Crippen molar-refractivity contribution in [2.24, 2.45) is 0 Å². The minimum absolute atomic E-state index is 0.725. The molecule has 0 saturated carbocycles. The van der Waals surface area contributed by atoms with Crippen molar-refractivity contribution in [3.63, 3.8) is 0 Å². The lowest BCUT2D eigenvalue weighted by Crippen LogP contribution is -2.12. The number of benzene rings is 2. The highest BCUT2D eigenvalue weighted by Gasteiger charge is 2.10. The van der Waals surface area contributed by atoms with E-state index in [0.717, 1.165) is 45.9 Å². The molecule has 3 nitrogen and oxygen atoms in total. The van der Waals surface area contributed by atoms with Crippen LogP contribution in [0.5, 0.6) is 17.2 Å². The van der Waals surface area contributed by atoms with Crippen LogP contribution < -0.4 is 14.8 Å². The summed E-state index contributed by atoms with van der Waals surface area (Å²) in [4.78, 5) is 0. The van der Waals surface area contributed by atoms with Crippen LogP contribution in [0.2, 0.25) is 0 Å². The van der Waals surface area contributed by atoms with E-state index in [-0.39, 0.29) is 0 Å². The van der Waals surface area contributed by atoms with Gasteiger partial charge >= 0.3 is 0 Å². The Morgan fingerprint density at radius 1 is 1.05 bits per heavy atom. The lowest BCUT2D eigenvalue weighted by Gasteiger charge is -2.14. The normalized spacial score (nSPS) is 10.5. The molecule has 0 fully saturated rings. The van der Waals surface area contributed by atoms with Crippen LogP contribution in [0.1, 0.15) is 18.1 Å². The van der Waals surface area contributed by atoms with Crippen LogP contribution in [0.25, 0.3) is 0 Å². The van der Waals surface area contributed by atoms with Crippen LogP contribution >= 0.6 is 15.9 Å². The number of rotatable bonds is 6. The Labute approximate surface area is 134 Å². The number of methoxy groups -OCH3 is 1. The molecule has 0 saturated heterocycles. The zero-order chi connectivity index (χ0) is 15.2. The third kappa shape index (κ3) is 4.22. The number of hydrogen-bond acceptors (Lipinski definition) is 3. The van der Waals surface area contributed by atoms with Gasteiger partial charge in [0.05, 0.1) is 7.11 Å². The van der Waals surface area contributed by atoms with Gasteiger partial charge in [0.2, 0.25) is 0 Å². The topological polar surface area (TPSA) is 30.5 Å². The fraction of sp³-hybridized carbons (Fsp3) is 0.294. The second-order valence-corrected chi connectivity index (χ2v) is 5.70. The standard InChI is InChI=1S/C17H20BrNO2/c1-4-19-11-13-10-14(18)6-8-15(13)21-16-7-5-12(2)9-17(16)20-3/h5-10,19H,4,11H2,1-3H3. The van der Waals surface area contributed by atoms with Gasteiger partial charge in [-0.3, -0.25) is 0 Å². The van der Waals surface area contributed by atoms with E-state index in [1.807, 2.05) is 37.3 Å². The monoisotopic (exact) mass is 349 g/mol. The van der Waals surface area contributed by atoms with E-state index >= 15 is 0 Å². The van der Waals surface area contributed by atoms with Crippen molar-refractivity contribution in [1.82, 2.24) is 5.32 Å². The Hall–Kier alpha value is -1.52. The maximum atomic E-state index is 6.05. The largest absolute Gasteiger partial charge is 0.493 e. The number of ether oxygens (including phenoxy) is 2. The van der Waals surface area contributed by atoms with Gasteiger partial charge in [-0.05, 0) is 49.4 Å². The van der Waals surface area contributed by atoms with Gasteiger partial charge in [-0.2, -0.15) is 0 Å². The van der Waals surface area contributed by atoms with E-state index in [1.165, 1.54) is 0 Å². The third-order valence-corrected chi connectivity index (χ3v) is 3.62. The van der Waals surface area contributed by atoms with Crippen molar-refractivity contribution < 1.29 is 9.47 Å². The summed E-state index contributed by atoms with van der Waals surface area (Å²) in [6.45, 7) is 5.79. The predicted molar refractivity (Wildman–Crippen MR) is 89.3 cm³/mol. The molecular formula is C17H20BrNO2. The Balaban J connectivity index is 2.30. The van der Waals surface area contributed by atoms with Crippen molar-refractivity contribution >= 4 is 15.9 Å². The van der Waals surface area contributed by atoms with Crippen LogP contribution in [-0.4, -0.2) is 13.7 Å². The molecule has 0 aliphatic carbocycles. The number of aryl methyl sites for hydroxylation is 1. The number of nitrogens with one attached hydrogen (secondary N) is 1. The van der Waals surface area contributed by atoms with Crippen LogP contribution in [0.3, 0.4) is 0 Å². The Bertz CT molecular complexity index is 614. The first-order valence-electron chi connectivity index (χ1n) is 6.95. The summed E-state index contributed by atoms with van der Waals surface area (Å²) in [6, 6.07) is 11.9. The Morgan fingerprint density at radius 2 is 1.81 bits per heavy atom. The van der Waals surface area contributed by atoms with E-state index in [0.29, 0.717) is 0 Å². The molecule has 2 aromatic carbocycles. The van der Waals surface area contributed by atoms with E-state index in [9.17, 15) is 0 Å². The molecule has 112 valence electrons. The Kier molecular flexibility index (Phi) is 5.65. The molecule has 0 radical (unpaired) electrons. The van der Waals surface area contributed by atoms with Crippen molar-refractivity contribution in [3.8, 4) is 17.2 Å². The summed E-state index contributed by atoms with van der Waals surface area (Å²) in [6.07, 6.45) is 0. The van der Waals surface area contributed by atoms with E-state index in [4.69, 9.17) is 9.47 Å². The molecule has 0 aliphatic heterocycles. The molecule has 0 spiro atoms. The smallest absolute Gasteiger partial charge is 0.169 e. The average Bonchev–Trinajstić information content (AvgIpc) is 2.48. The van der Waals surface area contributed by atoms with Gasteiger partial charge in [0.15, 0.2) is 11.5 Å². The molecule has 0 atom stereocenters. The minimum atomic E-state index is 0.725. The second kappa shape index (κ2) is 7.48. The van der Waals surface area contributed by atoms with E-state index < -0.39 is 0 Å². The molecule has 2 aromatic rings. The van der Waals surface area contributed by atoms with Gasteiger partial charge < -0.3 is 14.8 Å². The van der Waals surface area contributed by atoms with Gasteiger partial charge in [-0.25, -0.2) is 0 Å². The lowest BCUT2D eigenvalue weighted by atomic mass is 10.2. The summed E-state index contributed by atoms with van der Waals surface area (Å²) in [5.41, 5.74) is 2.25. The Morgan fingerprint density at radius 3 is 2.52 bits per heavy atom. The summed E-state index contributed by atoms with van der Waals surface area (Å²) in [5.74, 6) is 2.30. The summed E-state index contributed by atoms with van der Waals surface area (Å²) >= 11 is 3.50. The maximum absolute atomic E-state index is 6.05. The molecule has 0 bridgehead atoms. The molecule has 0 heterocycles. The SMILES string of the molecule is CCNCc1cc(Br)ccc1Oc1ccc(C)cc1OC. The highest BCUT2D eigenvalue weighted by molar-refractivity contribution is 9.10. The molecular weight excluding hydrogens is 330 g/mol. The first kappa shape index (κ1) is 15.9. The van der Waals surface area contributed by atoms with E-state index in [2.05, 4.69) is 34.2 Å². The van der Waals surface area contributed by atoms with Gasteiger partial charge in [0.1, 0.15) is 5.75 Å². The fourth-order valence-corrected chi connectivity index (χ4v) is 2.43. The van der Waals surface area contributed by atoms with Crippen molar-refractivity contribution in [2.75, 3.05) is 13.7 Å². The first-order valence-corrected chi connectivity index (χ1v) is 7.75. The van der Waals surface area contributed by atoms with Crippen molar-refractivity contribution in [3.05, 3.63) is 52.0 Å². The summed E-state index contributed by atoms with van der Waals surface area (Å²) < 4.78 is 12.5. The minimum Gasteiger partial charge on any atom is -0.493 e. The van der Waals surface area contributed by atoms with Gasteiger partial charge in [0, 0.05) is 16.6 Å². The zero-order valence-corrected chi connectivity index (χ0v) is 14.2. The fourth-order valence-electron chi connectivity index (χ4n) is 2.02. The molecule has 1 N–H and O–H groups in total. The molecule has 21 heavy (non-hydrogen) atoms. The van der Waals surface area contributed by atoms with Crippen LogP contribution in [0, 0.1) is 6.92 Å². The zero-order valence-electron chi connectivity index (χ0n) is 12.6. The molecule has 0 aliphatic rings. The summed E-state index contributed by atoms with van der Waals surface area (Å²) in [5, 5.41) is 3.32. The molecule has 4 heteroatoms. The number of hydrogen-bond donors (Lipinski definition) is 1. The molecule has 2 rings (SSSR count). The van der Waals surface area contributed by atoms with Crippen LogP contribution in [0.15, 0.2) is 40.9 Å². The van der Waals surface area contributed by atoms with Gasteiger partial charge in [-0.15, -0.1) is 0 Å². The predicted octanol–water partition coefficient (Wildman–Crippen LogP) is 4.67. The lowest BCUT2D eigenvalue weighted by molar-refractivity contribution is 0.377. The second-order valence-electron chi connectivity index (χ2n) is 4.79. The highest BCUT2D eigenvalue weighted by Crippen LogP contribution is 2.34. The third-order valence-electron chi connectivity index (χ3n) is 3.13. The van der Waals surface area contributed by atoms with E-state index in [1.54, 1.807) is 7.11 Å². The quantitative estimate of drug-likeness (QED) is 0.821. The first-order chi connectivity index (χ1) is 10.1. The van der Waals surface area contributed by atoms with Crippen LogP contribution in [-0.2, 0) is 6.54 Å². The highest BCUT2D eigenvalue weighted by atomic mass is 79.9. The molecule has 0 amide bonds. The number of halogens is 1. The molecule has 0 aromatic heterocycles. The average molecular weight is 350 g/mol.